The van der Waals surface area contributed by atoms with Crippen molar-refractivity contribution in [3.63, 3.8) is 0 Å². The van der Waals surface area contributed by atoms with Crippen molar-refractivity contribution in [2.24, 2.45) is 0 Å². The first kappa shape index (κ1) is 7.03. The minimum Gasteiger partial charge on any atom is -0.199 e. The van der Waals surface area contributed by atoms with Crippen LogP contribution in [0.1, 0.15) is 25.3 Å². The predicted octanol–water partition coefficient (Wildman–Crippen LogP) is 2.92. The molecule has 50 valence electrons. The first-order valence-electron chi connectivity index (χ1n) is 2.82. The number of aromatic nitrogens is 1. The van der Waals surface area contributed by atoms with E-state index in [9.17, 15) is 0 Å². The summed E-state index contributed by atoms with van der Waals surface area (Å²) in [4.78, 5) is 0. The third-order valence-corrected chi connectivity index (χ3v) is 2.21. The van der Waals surface area contributed by atoms with Crippen LogP contribution in [-0.4, -0.2) is 4.37 Å². The van der Waals surface area contributed by atoms with Gasteiger partial charge in [0.1, 0.15) is 4.34 Å². The fourth-order valence-corrected chi connectivity index (χ4v) is 1.65. The first-order valence-corrected chi connectivity index (χ1v) is 3.97. The molecule has 0 saturated carbocycles. The van der Waals surface area contributed by atoms with E-state index in [-0.39, 0.29) is 0 Å². The highest BCUT2D eigenvalue weighted by Gasteiger charge is 2.05. The summed E-state index contributed by atoms with van der Waals surface area (Å²) in [6, 6.07) is 0. The molecule has 1 heterocycles. The standard InChI is InChI=1S/C6H8ClNS/c1-4(2)5-3-8-9-6(5)7/h3-4H,1-2H3. The Morgan fingerprint density at radius 2 is 2.33 bits per heavy atom. The van der Waals surface area contributed by atoms with Gasteiger partial charge in [0.2, 0.25) is 0 Å². The fourth-order valence-electron chi connectivity index (χ4n) is 0.609. The lowest BCUT2D eigenvalue weighted by Crippen LogP contribution is -1.81. The normalized spacial score (nSPS) is 10.7. The maximum absolute atomic E-state index is 5.79. The summed E-state index contributed by atoms with van der Waals surface area (Å²) < 4.78 is 4.78. The molecule has 3 heteroatoms. The minimum absolute atomic E-state index is 0.497. The molecule has 0 unspecified atom stereocenters. The van der Waals surface area contributed by atoms with E-state index in [2.05, 4.69) is 18.2 Å². The highest BCUT2D eigenvalue weighted by molar-refractivity contribution is 7.10. The molecular formula is C6H8ClNS. The van der Waals surface area contributed by atoms with Gasteiger partial charge in [-0.25, -0.2) is 0 Å². The lowest BCUT2D eigenvalue weighted by molar-refractivity contribution is 0.869. The first-order chi connectivity index (χ1) is 4.22. The van der Waals surface area contributed by atoms with Crippen LogP contribution in [0.3, 0.4) is 0 Å². The van der Waals surface area contributed by atoms with E-state index >= 15 is 0 Å². The molecule has 0 aromatic carbocycles. The smallest absolute Gasteiger partial charge is 0.117 e. The van der Waals surface area contributed by atoms with Gasteiger partial charge < -0.3 is 0 Å². The Morgan fingerprint density at radius 1 is 1.67 bits per heavy atom. The highest BCUT2D eigenvalue weighted by atomic mass is 35.5. The van der Waals surface area contributed by atoms with Crippen LogP contribution in [0.4, 0.5) is 0 Å². The summed E-state index contributed by atoms with van der Waals surface area (Å²) in [5, 5.41) is 0. The molecule has 1 rings (SSSR count). The molecule has 0 N–H and O–H groups in total. The van der Waals surface area contributed by atoms with E-state index < -0.39 is 0 Å². The van der Waals surface area contributed by atoms with E-state index in [0.29, 0.717) is 5.92 Å². The van der Waals surface area contributed by atoms with Crippen molar-refractivity contribution in [2.75, 3.05) is 0 Å². The zero-order valence-corrected chi connectivity index (χ0v) is 6.96. The molecule has 0 atom stereocenters. The van der Waals surface area contributed by atoms with Gasteiger partial charge in [-0.2, -0.15) is 4.37 Å². The molecule has 0 spiro atoms. The molecule has 1 aromatic rings. The topological polar surface area (TPSA) is 12.9 Å². The minimum atomic E-state index is 0.497. The van der Waals surface area contributed by atoms with Crippen LogP contribution in [0, 0.1) is 0 Å². The number of halogens is 1. The van der Waals surface area contributed by atoms with Crippen molar-refractivity contribution in [3.05, 3.63) is 16.1 Å². The van der Waals surface area contributed by atoms with Crippen LogP contribution in [-0.2, 0) is 0 Å². The lowest BCUT2D eigenvalue weighted by Gasteiger charge is -1.97. The van der Waals surface area contributed by atoms with Gasteiger partial charge >= 0.3 is 0 Å². The summed E-state index contributed by atoms with van der Waals surface area (Å²) in [5.41, 5.74) is 1.15. The third kappa shape index (κ3) is 1.43. The SMILES string of the molecule is CC(C)c1cnsc1Cl. The summed E-state index contributed by atoms with van der Waals surface area (Å²) in [7, 11) is 0. The second-order valence-corrected chi connectivity index (χ2v) is 3.61. The van der Waals surface area contributed by atoms with Crippen molar-refractivity contribution in [3.8, 4) is 0 Å². The number of hydrogen-bond acceptors (Lipinski definition) is 2. The quantitative estimate of drug-likeness (QED) is 0.617. The van der Waals surface area contributed by atoms with Gasteiger partial charge in [0, 0.05) is 11.8 Å². The van der Waals surface area contributed by atoms with Gasteiger partial charge in [-0.05, 0) is 17.5 Å². The molecule has 0 fully saturated rings. The number of hydrogen-bond donors (Lipinski definition) is 0. The van der Waals surface area contributed by atoms with E-state index in [0.717, 1.165) is 9.90 Å². The molecule has 0 saturated heterocycles. The molecule has 0 radical (unpaired) electrons. The van der Waals surface area contributed by atoms with Crippen molar-refractivity contribution in [1.29, 1.82) is 0 Å². The molecular weight excluding hydrogens is 154 g/mol. The van der Waals surface area contributed by atoms with Gasteiger partial charge in [-0.3, -0.25) is 0 Å². The molecule has 0 aliphatic carbocycles. The van der Waals surface area contributed by atoms with E-state index in [4.69, 9.17) is 11.6 Å². The highest BCUT2D eigenvalue weighted by Crippen LogP contribution is 2.26. The van der Waals surface area contributed by atoms with Crippen LogP contribution in [0.2, 0.25) is 4.34 Å². The second kappa shape index (κ2) is 2.67. The van der Waals surface area contributed by atoms with Crippen molar-refractivity contribution in [1.82, 2.24) is 4.37 Å². The monoisotopic (exact) mass is 161 g/mol. The molecule has 0 aliphatic rings. The van der Waals surface area contributed by atoms with Crippen LogP contribution < -0.4 is 0 Å². The number of rotatable bonds is 1. The molecule has 0 bridgehead atoms. The average molecular weight is 162 g/mol. The van der Waals surface area contributed by atoms with Crippen LogP contribution in [0.5, 0.6) is 0 Å². The van der Waals surface area contributed by atoms with E-state index in [1.807, 2.05) is 6.20 Å². The maximum Gasteiger partial charge on any atom is 0.117 e. The van der Waals surface area contributed by atoms with E-state index in [1.54, 1.807) is 0 Å². The zero-order chi connectivity index (χ0) is 6.85. The molecule has 1 aromatic heterocycles. The Bertz CT molecular complexity index is 195. The average Bonchev–Trinajstić information content (AvgIpc) is 2.13. The fraction of sp³-hybridized carbons (Fsp3) is 0.500. The summed E-state index contributed by atoms with van der Waals surface area (Å²) in [6.45, 7) is 4.21. The summed E-state index contributed by atoms with van der Waals surface area (Å²) in [5.74, 6) is 0.497. The molecule has 1 nitrogen and oxygen atoms in total. The Morgan fingerprint density at radius 3 is 2.56 bits per heavy atom. The van der Waals surface area contributed by atoms with Gasteiger partial charge in [0.15, 0.2) is 0 Å². The Kier molecular flexibility index (Phi) is 2.09. The Labute approximate surface area is 63.8 Å². The Hall–Kier alpha value is -0.0800. The van der Waals surface area contributed by atoms with Crippen molar-refractivity contribution in [2.45, 2.75) is 19.8 Å². The molecule has 0 amide bonds. The van der Waals surface area contributed by atoms with Crippen molar-refractivity contribution >= 4 is 23.1 Å². The zero-order valence-electron chi connectivity index (χ0n) is 5.39. The third-order valence-electron chi connectivity index (χ3n) is 1.17. The molecule has 9 heavy (non-hydrogen) atoms. The summed E-state index contributed by atoms with van der Waals surface area (Å²) >= 11 is 7.14. The Balaban J connectivity index is 2.94. The molecule has 0 aliphatic heterocycles. The van der Waals surface area contributed by atoms with Crippen LogP contribution in [0.25, 0.3) is 0 Å². The van der Waals surface area contributed by atoms with Gasteiger partial charge in [-0.15, -0.1) is 0 Å². The van der Waals surface area contributed by atoms with Crippen molar-refractivity contribution < 1.29 is 0 Å². The largest absolute Gasteiger partial charge is 0.199 e. The number of nitrogens with zero attached hydrogens (tertiary/aromatic N) is 1. The van der Waals surface area contributed by atoms with Gasteiger partial charge in [0.05, 0.1) is 0 Å². The predicted molar refractivity (Wildman–Crippen MR) is 41.2 cm³/mol. The van der Waals surface area contributed by atoms with Gasteiger partial charge in [-0.1, -0.05) is 25.4 Å². The van der Waals surface area contributed by atoms with E-state index in [1.165, 1.54) is 11.5 Å². The second-order valence-electron chi connectivity index (χ2n) is 2.21. The summed E-state index contributed by atoms with van der Waals surface area (Å²) in [6.07, 6.45) is 1.83. The van der Waals surface area contributed by atoms with Crippen LogP contribution in [0.15, 0.2) is 6.20 Å². The lowest BCUT2D eigenvalue weighted by atomic mass is 10.1. The maximum atomic E-state index is 5.79. The van der Waals surface area contributed by atoms with Crippen LogP contribution >= 0.6 is 23.1 Å². The van der Waals surface area contributed by atoms with Gasteiger partial charge in [0.25, 0.3) is 0 Å².